The van der Waals surface area contributed by atoms with Crippen molar-refractivity contribution in [2.45, 2.75) is 31.2 Å². The smallest absolute Gasteiger partial charge is 0.264 e. The van der Waals surface area contributed by atoms with Crippen LogP contribution >= 0.6 is 23.2 Å². The fourth-order valence-electron chi connectivity index (χ4n) is 3.49. The zero-order valence-electron chi connectivity index (χ0n) is 18.4. The van der Waals surface area contributed by atoms with E-state index in [0.29, 0.717) is 21.7 Å². The second-order valence-corrected chi connectivity index (χ2v) is 10.8. The van der Waals surface area contributed by atoms with Gasteiger partial charge in [0.2, 0.25) is 5.91 Å². The number of nitrogens with zero attached hydrogens (tertiary/aromatic N) is 1. The lowest BCUT2D eigenvalue weighted by Crippen LogP contribution is -2.42. The molecule has 0 saturated heterocycles. The minimum absolute atomic E-state index is 0.0291. The lowest BCUT2D eigenvalue weighted by Gasteiger charge is -2.26. The Morgan fingerprint density at radius 1 is 0.909 bits per heavy atom. The molecular weight excluding hydrogens is 479 g/mol. The van der Waals surface area contributed by atoms with Crippen LogP contribution in [0.15, 0.2) is 83.8 Å². The first-order valence-corrected chi connectivity index (χ1v) is 12.7. The lowest BCUT2D eigenvalue weighted by molar-refractivity contribution is -0.120. The van der Waals surface area contributed by atoms with Gasteiger partial charge in [-0.1, -0.05) is 73.4 Å². The summed E-state index contributed by atoms with van der Waals surface area (Å²) in [4.78, 5) is 13.2. The summed E-state index contributed by atoms with van der Waals surface area (Å²) in [5.74, 6) is -0.0839. The number of halogens is 2. The summed E-state index contributed by atoms with van der Waals surface area (Å²) < 4.78 is 28.0. The molecule has 33 heavy (non-hydrogen) atoms. The number of amides is 1. The van der Waals surface area contributed by atoms with Crippen molar-refractivity contribution in [1.82, 2.24) is 5.32 Å². The van der Waals surface area contributed by atoms with Gasteiger partial charge in [-0.25, -0.2) is 8.42 Å². The van der Waals surface area contributed by atoms with Gasteiger partial charge < -0.3 is 5.32 Å². The highest BCUT2D eigenvalue weighted by Gasteiger charge is 2.28. The van der Waals surface area contributed by atoms with E-state index in [4.69, 9.17) is 23.2 Å². The molecule has 1 amide bonds. The Labute approximate surface area is 205 Å². The molecule has 8 heteroatoms. The molecule has 1 atom stereocenters. The molecule has 3 rings (SSSR count). The molecule has 0 aliphatic heterocycles. The van der Waals surface area contributed by atoms with Crippen LogP contribution in [0.25, 0.3) is 0 Å². The number of hydrogen-bond donors (Lipinski definition) is 1. The maximum Gasteiger partial charge on any atom is 0.264 e. The van der Waals surface area contributed by atoms with Crippen LogP contribution in [-0.4, -0.2) is 20.9 Å². The molecule has 0 saturated carbocycles. The Hall–Kier alpha value is -2.54. The van der Waals surface area contributed by atoms with Crippen molar-refractivity contribution in [3.05, 3.63) is 94.5 Å². The number of hydrogen-bond acceptors (Lipinski definition) is 3. The number of carbonyl (C=O) groups excluding carboxylic acids is 1. The van der Waals surface area contributed by atoms with Crippen molar-refractivity contribution < 1.29 is 13.2 Å². The Morgan fingerprint density at radius 2 is 1.58 bits per heavy atom. The zero-order valence-corrected chi connectivity index (χ0v) is 20.7. The van der Waals surface area contributed by atoms with Gasteiger partial charge in [0.25, 0.3) is 10.0 Å². The fraction of sp³-hybridized carbons (Fsp3) is 0.240. The molecule has 0 heterocycles. The van der Waals surface area contributed by atoms with Gasteiger partial charge in [0.05, 0.1) is 16.6 Å². The fourth-order valence-corrected chi connectivity index (χ4v) is 5.21. The van der Waals surface area contributed by atoms with Crippen LogP contribution in [0.2, 0.25) is 10.0 Å². The standard InChI is InChI=1S/C25H26Cl2N2O3S/c1-18(2)15-24(19-7-4-3-5-8-19)28-25(30)17-29(22-10-6-9-21(27)16-22)33(31,32)23-13-11-20(26)12-14-23/h3-14,16,18,24H,15,17H2,1-2H3,(H,28,30). The van der Waals surface area contributed by atoms with E-state index in [-0.39, 0.29) is 10.9 Å². The van der Waals surface area contributed by atoms with Gasteiger partial charge in [0, 0.05) is 10.0 Å². The number of anilines is 1. The summed E-state index contributed by atoms with van der Waals surface area (Å²) in [5, 5.41) is 3.80. The quantitative estimate of drug-likeness (QED) is 0.383. The minimum Gasteiger partial charge on any atom is -0.348 e. The van der Waals surface area contributed by atoms with Crippen molar-refractivity contribution in [2.24, 2.45) is 5.92 Å². The molecule has 1 unspecified atom stereocenters. The number of carbonyl (C=O) groups is 1. The summed E-state index contributed by atoms with van der Waals surface area (Å²) in [6.45, 7) is 3.75. The monoisotopic (exact) mass is 504 g/mol. The van der Waals surface area contributed by atoms with Crippen molar-refractivity contribution in [3.63, 3.8) is 0 Å². The Bertz CT molecular complexity index is 1180. The molecule has 5 nitrogen and oxygen atoms in total. The Balaban J connectivity index is 1.92. The van der Waals surface area contributed by atoms with Crippen LogP contribution in [0.3, 0.4) is 0 Å². The van der Waals surface area contributed by atoms with Crippen LogP contribution in [0, 0.1) is 5.92 Å². The number of benzene rings is 3. The van der Waals surface area contributed by atoms with E-state index in [0.717, 1.165) is 16.3 Å². The highest BCUT2D eigenvalue weighted by molar-refractivity contribution is 7.92. The van der Waals surface area contributed by atoms with E-state index >= 15 is 0 Å². The van der Waals surface area contributed by atoms with E-state index in [1.807, 2.05) is 30.3 Å². The van der Waals surface area contributed by atoms with Crippen molar-refractivity contribution >= 4 is 44.8 Å². The summed E-state index contributed by atoms with van der Waals surface area (Å²) >= 11 is 12.1. The van der Waals surface area contributed by atoms with Crippen molar-refractivity contribution in [2.75, 3.05) is 10.8 Å². The molecule has 0 aliphatic rings. The maximum absolute atomic E-state index is 13.5. The molecule has 3 aromatic rings. The van der Waals surface area contributed by atoms with E-state index in [9.17, 15) is 13.2 Å². The summed E-state index contributed by atoms with van der Waals surface area (Å²) in [6, 6.07) is 21.7. The normalized spacial score (nSPS) is 12.4. The van der Waals surface area contributed by atoms with Crippen molar-refractivity contribution in [3.8, 4) is 0 Å². The molecule has 0 spiro atoms. The van der Waals surface area contributed by atoms with Crippen LogP contribution < -0.4 is 9.62 Å². The molecule has 0 bridgehead atoms. The third-order valence-corrected chi connectivity index (χ3v) is 7.30. The van der Waals surface area contributed by atoms with Crippen LogP contribution in [0.5, 0.6) is 0 Å². The number of sulfonamides is 1. The van der Waals surface area contributed by atoms with E-state index in [1.54, 1.807) is 18.2 Å². The van der Waals surface area contributed by atoms with Gasteiger partial charge >= 0.3 is 0 Å². The predicted molar refractivity (Wildman–Crippen MR) is 134 cm³/mol. The third kappa shape index (κ3) is 6.73. The number of nitrogens with one attached hydrogen (secondary N) is 1. The second kappa shape index (κ2) is 11.1. The Morgan fingerprint density at radius 3 is 2.18 bits per heavy atom. The molecular formula is C25H26Cl2N2O3S. The van der Waals surface area contributed by atoms with Gasteiger partial charge in [-0.3, -0.25) is 9.10 Å². The summed E-state index contributed by atoms with van der Waals surface area (Å²) in [6.07, 6.45) is 0.719. The van der Waals surface area contributed by atoms with Gasteiger partial charge in [-0.15, -0.1) is 0 Å². The second-order valence-electron chi connectivity index (χ2n) is 8.11. The van der Waals surface area contributed by atoms with Crippen LogP contribution in [0.1, 0.15) is 31.9 Å². The molecule has 1 N–H and O–H groups in total. The molecule has 0 radical (unpaired) electrons. The number of rotatable bonds is 9. The van der Waals surface area contributed by atoms with E-state index in [2.05, 4.69) is 19.2 Å². The van der Waals surface area contributed by atoms with Gasteiger partial charge in [0.15, 0.2) is 0 Å². The molecule has 3 aromatic carbocycles. The van der Waals surface area contributed by atoms with Gasteiger partial charge in [0.1, 0.15) is 6.54 Å². The lowest BCUT2D eigenvalue weighted by atomic mass is 9.97. The molecule has 0 fully saturated rings. The first-order valence-electron chi connectivity index (χ1n) is 10.5. The largest absolute Gasteiger partial charge is 0.348 e. The Kier molecular flexibility index (Phi) is 8.40. The van der Waals surface area contributed by atoms with E-state index < -0.39 is 22.5 Å². The van der Waals surface area contributed by atoms with E-state index in [1.165, 1.54) is 30.3 Å². The van der Waals surface area contributed by atoms with Crippen LogP contribution in [0.4, 0.5) is 5.69 Å². The molecule has 174 valence electrons. The first-order chi connectivity index (χ1) is 15.7. The summed E-state index contributed by atoms with van der Waals surface area (Å²) in [5.41, 5.74) is 1.27. The van der Waals surface area contributed by atoms with Gasteiger partial charge in [-0.2, -0.15) is 0 Å². The predicted octanol–water partition coefficient (Wildman–Crippen LogP) is 6.09. The maximum atomic E-state index is 13.5. The zero-order chi connectivity index (χ0) is 24.0. The topological polar surface area (TPSA) is 66.5 Å². The van der Waals surface area contributed by atoms with Crippen LogP contribution in [-0.2, 0) is 14.8 Å². The highest BCUT2D eigenvalue weighted by atomic mass is 35.5. The average molecular weight is 505 g/mol. The molecule has 0 aromatic heterocycles. The summed E-state index contributed by atoms with van der Waals surface area (Å²) in [7, 11) is -4.05. The average Bonchev–Trinajstić information content (AvgIpc) is 2.77. The SMILES string of the molecule is CC(C)CC(NC(=O)CN(c1cccc(Cl)c1)S(=O)(=O)c1ccc(Cl)cc1)c1ccccc1. The minimum atomic E-state index is -4.05. The molecule has 0 aliphatic carbocycles. The third-order valence-electron chi connectivity index (χ3n) is 5.03. The van der Waals surface area contributed by atoms with Gasteiger partial charge in [-0.05, 0) is 60.4 Å². The van der Waals surface area contributed by atoms with Crippen molar-refractivity contribution in [1.29, 1.82) is 0 Å². The first kappa shape index (κ1) is 25.1. The highest BCUT2D eigenvalue weighted by Crippen LogP contribution is 2.27.